The number of esters is 3. The molecule has 4 N–H and O–H groups in total. The second-order valence-corrected chi connectivity index (χ2v) is 29.7. The van der Waals surface area contributed by atoms with Crippen molar-refractivity contribution in [3.63, 3.8) is 0 Å². The maximum absolute atomic E-state index is 13.0. The molecule has 0 rings (SSSR count). The fourth-order valence-corrected chi connectivity index (χ4v) is 11.9. The predicted molar refractivity (Wildman–Crippen MR) is 454 cm³/mol. The normalized spacial score (nSPS) is 15.0. The SMILES string of the molecule is CC/C=C\C/C=C\C/C=C\C/C=C\C/C=C\C/C=C\CCCCC(=O)OCC(COP(=O)(O)OCC(O)COP(=O)(O)OCC(O)COC(=O)CCCCCCCCCCCCCCCCC/C=C\C/C=C\C/C=C\C/C=C\C/C=C\CC)OC(=O)CCCC/C=C\C/C=C\C/C=C\C/C=C\C/C=C\C/C=C\CC. The van der Waals surface area contributed by atoms with Crippen molar-refractivity contribution in [3.8, 4) is 0 Å². The third-order valence-electron chi connectivity index (χ3n) is 16.5. The van der Waals surface area contributed by atoms with Crippen molar-refractivity contribution in [2.24, 2.45) is 0 Å². The second kappa shape index (κ2) is 81.6. The van der Waals surface area contributed by atoms with Crippen LogP contribution in [0.25, 0.3) is 0 Å². The van der Waals surface area contributed by atoms with Gasteiger partial charge in [-0.3, -0.25) is 32.5 Å². The van der Waals surface area contributed by atoms with E-state index >= 15 is 0 Å². The van der Waals surface area contributed by atoms with Crippen LogP contribution in [-0.2, 0) is 55.8 Å². The van der Waals surface area contributed by atoms with E-state index < -0.39 is 91.5 Å². The number of allylic oxidation sites excluding steroid dienone is 34. The minimum atomic E-state index is -4.97. The first kappa shape index (κ1) is 103. The molecule has 16 nitrogen and oxygen atoms in total. The van der Waals surface area contributed by atoms with Gasteiger partial charge in [0.15, 0.2) is 6.10 Å². The zero-order valence-corrected chi connectivity index (χ0v) is 69.2. The summed E-state index contributed by atoms with van der Waals surface area (Å²) in [6, 6.07) is 0. The quantitative estimate of drug-likeness (QED) is 0.0146. The molecule has 0 aliphatic heterocycles. The van der Waals surface area contributed by atoms with E-state index in [1.807, 2.05) is 0 Å². The van der Waals surface area contributed by atoms with Crippen LogP contribution in [0.3, 0.4) is 0 Å². The first-order valence-corrected chi connectivity index (χ1v) is 44.4. The van der Waals surface area contributed by atoms with E-state index in [1.54, 1.807) is 0 Å². The lowest BCUT2D eigenvalue weighted by Crippen LogP contribution is -2.30. The van der Waals surface area contributed by atoms with Gasteiger partial charge in [-0.25, -0.2) is 9.13 Å². The van der Waals surface area contributed by atoms with E-state index in [4.69, 9.17) is 32.3 Å². The minimum Gasteiger partial charge on any atom is -0.463 e. The molecule has 0 radical (unpaired) electrons. The number of hydrogen-bond donors (Lipinski definition) is 4. The van der Waals surface area contributed by atoms with E-state index in [-0.39, 0.29) is 19.3 Å². The highest BCUT2D eigenvalue weighted by Crippen LogP contribution is 2.45. The largest absolute Gasteiger partial charge is 0.472 e. The third-order valence-corrected chi connectivity index (χ3v) is 18.4. The van der Waals surface area contributed by atoms with Gasteiger partial charge in [-0.05, 0) is 167 Å². The molecular formula is C91H146O16P2. The lowest BCUT2D eigenvalue weighted by atomic mass is 10.0. The molecule has 0 aliphatic rings. The summed E-state index contributed by atoms with van der Waals surface area (Å²) in [7, 11) is -9.84. The fourth-order valence-electron chi connectivity index (χ4n) is 10.3. The number of unbranched alkanes of at least 4 members (excludes halogenated alkanes) is 19. The average Bonchev–Trinajstić information content (AvgIpc) is 0.902. The predicted octanol–water partition coefficient (Wildman–Crippen LogP) is 24.9. The maximum atomic E-state index is 13.0. The number of phosphoric acid groups is 2. The Morgan fingerprint density at radius 2 is 0.459 bits per heavy atom. The monoisotopic (exact) mass is 1560 g/mol. The summed E-state index contributed by atoms with van der Waals surface area (Å²) < 4.78 is 61.2. The van der Waals surface area contributed by atoms with Crippen molar-refractivity contribution in [2.75, 3.05) is 39.6 Å². The molecule has 0 fully saturated rings. The summed E-state index contributed by atoms with van der Waals surface area (Å²) in [5.41, 5.74) is 0. The number of carbonyl (C=O) groups is 3. The summed E-state index contributed by atoms with van der Waals surface area (Å²) in [6.45, 7) is 2.22. The van der Waals surface area contributed by atoms with Gasteiger partial charge in [0.25, 0.3) is 0 Å². The Hall–Kier alpha value is -5.87. The number of phosphoric ester groups is 2. The molecule has 5 atom stereocenters. The Balaban J connectivity index is 4.66. The molecule has 0 heterocycles. The van der Waals surface area contributed by atoms with Crippen molar-refractivity contribution in [1.29, 1.82) is 0 Å². The van der Waals surface area contributed by atoms with Crippen molar-refractivity contribution >= 4 is 33.6 Å². The number of ether oxygens (including phenoxy) is 3. The van der Waals surface area contributed by atoms with Crippen LogP contribution in [0, 0.1) is 0 Å². The van der Waals surface area contributed by atoms with Gasteiger partial charge in [-0.1, -0.05) is 311 Å². The zero-order chi connectivity index (χ0) is 79.4. The van der Waals surface area contributed by atoms with E-state index in [0.29, 0.717) is 25.7 Å². The number of aliphatic hydroxyl groups excluding tert-OH is 2. The van der Waals surface area contributed by atoms with E-state index in [1.165, 1.54) is 77.0 Å². The van der Waals surface area contributed by atoms with Gasteiger partial charge in [0.05, 0.1) is 26.4 Å². The van der Waals surface area contributed by atoms with Gasteiger partial charge in [0, 0.05) is 19.3 Å². The molecule has 0 saturated heterocycles. The second-order valence-electron chi connectivity index (χ2n) is 26.8. The molecule has 5 unspecified atom stereocenters. The molecule has 0 saturated carbocycles. The molecular weight excluding hydrogens is 1410 g/mol. The lowest BCUT2D eigenvalue weighted by Gasteiger charge is -2.21. The van der Waals surface area contributed by atoms with Crippen LogP contribution in [0.2, 0.25) is 0 Å². The van der Waals surface area contributed by atoms with E-state index in [9.17, 15) is 43.5 Å². The van der Waals surface area contributed by atoms with Gasteiger partial charge in [-0.15, -0.1) is 0 Å². The van der Waals surface area contributed by atoms with Crippen LogP contribution in [0.5, 0.6) is 0 Å². The first-order valence-electron chi connectivity index (χ1n) is 41.4. The van der Waals surface area contributed by atoms with Crippen LogP contribution >= 0.6 is 15.6 Å². The maximum Gasteiger partial charge on any atom is 0.472 e. The van der Waals surface area contributed by atoms with Crippen LogP contribution in [0.1, 0.15) is 290 Å². The summed E-state index contributed by atoms with van der Waals surface area (Å²) in [4.78, 5) is 58.8. The summed E-state index contributed by atoms with van der Waals surface area (Å²) in [5.74, 6) is -1.69. The first-order chi connectivity index (χ1) is 53.2. The molecule has 0 spiro atoms. The van der Waals surface area contributed by atoms with E-state index in [0.717, 1.165) is 148 Å². The Morgan fingerprint density at radius 1 is 0.257 bits per heavy atom. The van der Waals surface area contributed by atoms with Crippen molar-refractivity contribution in [1.82, 2.24) is 0 Å². The van der Waals surface area contributed by atoms with Gasteiger partial charge in [0.1, 0.15) is 25.4 Å². The topological polar surface area (TPSA) is 231 Å². The number of aliphatic hydroxyl groups is 2. The molecule has 0 bridgehead atoms. The summed E-state index contributed by atoms with van der Waals surface area (Å²) in [5, 5.41) is 20.7. The highest BCUT2D eigenvalue weighted by atomic mass is 31.2. The van der Waals surface area contributed by atoms with E-state index in [2.05, 4.69) is 227 Å². The van der Waals surface area contributed by atoms with Crippen LogP contribution in [0.4, 0.5) is 0 Å². The van der Waals surface area contributed by atoms with Crippen LogP contribution in [-0.4, -0.2) is 95.9 Å². The van der Waals surface area contributed by atoms with Crippen molar-refractivity contribution in [3.05, 3.63) is 207 Å². The smallest absolute Gasteiger partial charge is 0.463 e. The molecule has 109 heavy (non-hydrogen) atoms. The average molecular weight is 1560 g/mol. The molecule has 616 valence electrons. The zero-order valence-electron chi connectivity index (χ0n) is 67.4. The summed E-state index contributed by atoms with van der Waals surface area (Å²) >= 11 is 0. The molecule has 0 aliphatic carbocycles. The molecule has 0 amide bonds. The van der Waals surface area contributed by atoms with Gasteiger partial charge < -0.3 is 34.2 Å². The molecule has 18 heteroatoms. The van der Waals surface area contributed by atoms with Crippen LogP contribution < -0.4 is 0 Å². The van der Waals surface area contributed by atoms with Gasteiger partial charge >= 0.3 is 33.6 Å². The standard InChI is InChI=1S/C91H146O16P2/c1-4-7-10-13-16-19-22-25-28-31-34-37-38-39-40-41-42-43-44-45-46-49-51-53-56-59-62-65-68-71-74-77-89(94)101-80-86(92)81-103-108(97,98)104-82-87(93)83-105-109(99,100)106-85-88(107-91(96)79-76-73-70-67-64-61-58-55-52-48-36-33-30-27-24-21-18-15-12-9-6-3)84-102-90(95)78-75-72-69-66-63-60-57-54-50-47-35-32-29-26-23-20-17-14-11-8-5-2/h7-12,16-21,25-30,34-37,39-40,47-48,54-55,57-58,63-64,66-67,86-88,92-93H,4-6,13-15,22-24,31-33,38,41-46,49-53,56,59-62,65,68-85H2,1-3H3,(H,97,98)(H,99,100)/b10-7-,11-8-,12-9-,19-16-,20-17-,21-18-,28-25-,29-26-,30-27-,37-34-,40-39-,47-35-,48-36-,57-54-,58-55-,66-63-,67-64-. The minimum absolute atomic E-state index is 0.0308. The molecule has 0 aromatic heterocycles. The molecule has 0 aromatic rings. The Kier molecular flexibility index (Phi) is 77.2. The van der Waals surface area contributed by atoms with Gasteiger partial charge in [0.2, 0.25) is 0 Å². The summed E-state index contributed by atoms with van der Waals surface area (Å²) in [6.07, 6.45) is 109. The Bertz CT molecular complexity index is 2810. The number of hydrogen-bond acceptors (Lipinski definition) is 14. The molecule has 0 aromatic carbocycles. The van der Waals surface area contributed by atoms with Crippen molar-refractivity contribution in [2.45, 2.75) is 309 Å². The number of rotatable bonds is 76. The van der Waals surface area contributed by atoms with Crippen LogP contribution in [0.15, 0.2) is 207 Å². The highest BCUT2D eigenvalue weighted by Gasteiger charge is 2.29. The lowest BCUT2D eigenvalue weighted by molar-refractivity contribution is -0.161. The highest BCUT2D eigenvalue weighted by molar-refractivity contribution is 7.47. The fraction of sp³-hybridized carbons (Fsp3) is 0.593. The van der Waals surface area contributed by atoms with Crippen molar-refractivity contribution < 1.29 is 75.8 Å². The third kappa shape index (κ3) is 82.9. The Labute approximate surface area is 660 Å². The van der Waals surface area contributed by atoms with Gasteiger partial charge in [-0.2, -0.15) is 0 Å². The Morgan fingerprint density at radius 3 is 0.743 bits per heavy atom. The number of carbonyl (C=O) groups excluding carboxylic acids is 3.